The zero-order valence-corrected chi connectivity index (χ0v) is 15.1. The zero-order valence-electron chi connectivity index (χ0n) is 15.1. The van der Waals surface area contributed by atoms with Crippen molar-refractivity contribution in [3.63, 3.8) is 0 Å². The molecular weight excluding hydrogens is 330 g/mol. The van der Waals surface area contributed by atoms with Gasteiger partial charge >= 0.3 is 5.97 Å². The molecule has 0 aromatic heterocycles. The molecule has 0 radical (unpaired) electrons. The summed E-state index contributed by atoms with van der Waals surface area (Å²) in [5.74, 6) is -0.159. The Balaban J connectivity index is 2.06. The second-order valence-corrected chi connectivity index (χ2v) is 6.21. The van der Waals surface area contributed by atoms with Gasteiger partial charge in [0.05, 0.1) is 25.9 Å². The van der Waals surface area contributed by atoms with E-state index in [1.54, 1.807) is 13.2 Å². The summed E-state index contributed by atoms with van der Waals surface area (Å²) >= 11 is 0. The Morgan fingerprint density at radius 3 is 2.65 bits per heavy atom. The number of hydrogen-bond donors (Lipinski definition) is 1. The second kappa shape index (κ2) is 8.06. The number of rotatable bonds is 5. The van der Waals surface area contributed by atoms with Gasteiger partial charge in [-0.05, 0) is 36.2 Å². The van der Waals surface area contributed by atoms with Crippen molar-refractivity contribution in [3.05, 3.63) is 58.7 Å². The van der Waals surface area contributed by atoms with Crippen LogP contribution in [0.4, 0.5) is 5.69 Å². The number of morpholine rings is 1. The summed E-state index contributed by atoms with van der Waals surface area (Å²) in [6.07, 6.45) is 3.81. The number of hydrogen-bond acceptors (Lipinski definition) is 4. The highest BCUT2D eigenvalue weighted by Gasteiger charge is 2.20. The van der Waals surface area contributed by atoms with Crippen molar-refractivity contribution < 1.29 is 19.4 Å². The van der Waals surface area contributed by atoms with Gasteiger partial charge in [0.25, 0.3) is 0 Å². The summed E-state index contributed by atoms with van der Waals surface area (Å²) in [5, 5.41) is 9.66. The molecule has 0 saturated carbocycles. The fourth-order valence-corrected chi connectivity index (χ4v) is 3.20. The molecule has 1 aliphatic rings. The third kappa shape index (κ3) is 3.89. The Morgan fingerprint density at radius 1 is 1.19 bits per heavy atom. The van der Waals surface area contributed by atoms with Gasteiger partial charge in [0, 0.05) is 24.3 Å². The van der Waals surface area contributed by atoms with Crippen LogP contribution in [0.2, 0.25) is 0 Å². The molecule has 2 aromatic carbocycles. The smallest absolute Gasteiger partial charge is 0.336 e. The van der Waals surface area contributed by atoms with E-state index in [4.69, 9.17) is 9.47 Å². The van der Waals surface area contributed by atoms with E-state index >= 15 is 0 Å². The van der Waals surface area contributed by atoms with Crippen LogP contribution >= 0.6 is 0 Å². The van der Waals surface area contributed by atoms with Gasteiger partial charge in [0.1, 0.15) is 5.75 Å². The Morgan fingerprint density at radius 2 is 1.96 bits per heavy atom. The summed E-state index contributed by atoms with van der Waals surface area (Å²) in [5.41, 5.74) is 4.00. The normalized spacial score (nSPS) is 14.6. The van der Waals surface area contributed by atoms with Crippen molar-refractivity contribution in [3.8, 4) is 5.75 Å². The summed E-state index contributed by atoms with van der Waals surface area (Å²) in [6, 6.07) is 11.2. The predicted molar refractivity (Wildman–Crippen MR) is 103 cm³/mol. The Kier molecular flexibility index (Phi) is 5.58. The highest BCUT2D eigenvalue weighted by molar-refractivity contribution is 5.97. The average molecular weight is 353 g/mol. The minimum Gasteiger partial charge on any atom is -0.497 e. The molecule has 1 N–H and O–H groups in total. The number of methoxy groups -OCH3 is 1. The molecule has 1 saturated heterocycles. The molecule has 3 rings (SSSR count). The fraction of sp³-hybridized carbons (Fsp3) is 0.286. The number of carboxylic acid groups (broad SMARTS) is 1. The van der Waals surface area contributed by atoms with Crippen molar-refractivity contribution >= 4 is 23.8 Å². The number of carbonyl (C=O) groups is 1. The molecule has 136 valence electrons. The number of aryl methyl sites for hydroxylation is 1. The lowest BCUT2D eigenvalue weighted by molar-refractivity contribution is 0.0696. The Hall–Kier alpha value is -2.79. The van der Waals surface area contributed by atoms with E-state index < -0.39 is 5.97 Å². The number of nitrogens with zero attached hydrogens (tertiary/aromatic N) is 1. The molecule has 0 unspecified atom stereocenters. The number of carboxylic acids is 1. The first-order valence-corrected chi connectivity index (χ1v) is 8.62. The zero-order chi connectivity index (χ0) is 18.5. The Labute approximate surface area is 153 Å². The van der Waals surface area contributed by atoms with Gasteiger partial charge in [-0.2, -0.15) is 0 Å². The largest absolute Gasteiger partial charge is 0.497 e. The second-order valence-electron chi connectivity index (χ2n) is 6.21. The quantitative estimate of drug-likeness (QED) is 0.831. The van der Waals surface area contributed by atoms with Gasteiger partial charge in [-0.3, -0.25) is 0 Å². The Bertz CT molecular complexity index is 823. The summed E-state index contributed by atoms with van der Waals surface area (Å²) < 4.78 is 10.7. The maximum absolute atomic E-state index is 11.8. The molecule has 0 aliphatic carbocycles. The molecule has 26 heavy (non-hydrogen) atoms. The predicted octanol–water partition coefficient (Wildman–Crippen LogP) is 3.71. The van der Waals surface area contributed by atoms with Crippen molar-refractivity contribution in [1.82, 2.24) is 0 Å². The summed E-state index contributed by atoms with van der Waals surface area (Å²) in [4.78, 5) is 14.0. The molecular formula is C21H23NO4. The summed E-state index contributed by atoms with van der Waals surface area (Å²) in [6.45, 7) is 4.82. The van der Waals surface area contributed by atoms with E-state index in [-0.39, 0.29) is 0 Å². The van der Waals surface area contributed by atoms with Crippen LogP contribution in [-0.2, 0) is 4.74 Å². The van der Waals surface area contributed by atoms with Crippen LogP contribution in [-0.4, -0.2) is 44.5 Å². The van der Waals surface area contributed by atoms with Crippen molar-refractivity contribution in [2.45, 2.75) is 6.92 Å². The lowest BCUT2D eigenvalue weighted by Gasteiger charge is -2.32. The van der Waals surface area contributed by atoms with Gasteiger partial charge in [-0.1, -0.05) is 30.4 Å². The van der Waals surface area contributed by atoms with E-state index in [2.05, 4.69) is 4.90 Å². The lowest BCUT2D eigenvalue weighted by atomic mass is 9.98. The number of aromatic carboxylic acids is 1. The topological polar surface area (TPSA) is 59.0 Å². The first kappa shape index (κ1) is 18.0. The molecule has 5 heteroatoms. The van der Waals surface area contributed by atoms with Crippen LogP contribution in [0.5, 0.6) is 5.75 Å². The van der Waals surface area contributed by atoms with Crippen LogP contribution < -0.4 is 9.64 Å². The molecule has 0 amide bonds. The number of anilines is 1. The first-order chi connectivity index (χ1) is 12.6. The van der Waals surface area contributed by atoms with Crippen molar-refractivity contribution in [1.29, 1.82) is 0 Å². The molecule has 0 atom stereocenters. The van der Waals surface area contributed by atoms with Gasteiger partial charge in [-0.25, -0.2) is 4.79 Å². The van der Waals surface area contributed by atoms with E-state index in [1.165, 1.54) is 0 Å². The average Bonchev–Trinajstić information content (AvgIpc) is 2.67. The van der Waals surface area contributed by atoms with Gasteiger partial charge in [-0.15, -0.1) is 0 Å². The van der Waals surface area contributed by atoms with Gasteiger partial charge in [0.2, 0.25) is 0 Å². The fourth-order valence-electron chi connectivity index (χ4n) is 3.20. The standard InChI is InChI=1S/C21H23NO4/c1-15-6-8-19(21(23)24)18(20(15)22-10-12-26-13-11-22)9-7-16-4-3-5-17(14-16)25-2/h3-9,14H,10-13H2,1-2H3,(H,23,24). The van der Waals surface area contributed by atoms with Crippen LogP contribution in [0, 0.1) is 6.92 Å². The minimum atomic E-state index is -0.926. The summed E-state index contributed by atoms with van der Waals surface area (Å²) in [7, 11) is 1.63. The molecule has 1 fully saturated rings. The van der Waals surface area contributed by atoms with Crippen LogP contribution in [0.3, 0.4) is 0 Å². The van der Waals surface area contributed by atoms with Crippen molar-refractivity contribution in [2.75, 3.05) is 38.3 Å². The molecule has 0 bridgehead atoms. The molecule has 1 aliphatic heterocycles. The van der Waals surface area contributed by atoms with Crippen LogP contribution in [0.25, 0.3) is 12.2 Å². The number of ether oxygens (including phenoxy) is 2. The number of benzene rings is 2. The maximum atomic E-state index is 11.8. The van der Waals surface area contributed by atoms with E-state index in [0.717, 1.165) is 41.2 Å². The molecule has 5 nitrogen and oxygen atoms in total. The minimum absolute atomic E-state index is 0.302. The van der Waals surface area contributed by atoms with E-state index in [9.17, 15) is 9.90 Å². The molecule has 2 aromatic rings. The van der Waals surface area contributed by atoms with Crippen molar-refractivity contribution in [2.24, 2.45) is 0 Å². The van der Waals surface area contributed by atoms with Gasteiger partial charge < -0.3 is 19.5 Å². The van der Waals surface area contributed by atoms with Gasteiger partial charge in [0.15, 0.2) is 0 Å². The lowest BCUT2D eigenvalue weighted by Crippen LogP contribution is -2.37. The van der Waals surface area contributed by atoms with E-state index in [1.807, 2.05) is 49.4 Å². The maximum Gasteiger partial charge on any atom is 0.336 e. The van der Waals surface area contributed by atoms with E-state index in [0.29, 0.717) is 18.8 Å². The monoisotopic (exact) mass is 353 g/mol. The third-order valence-corrected chi connectivity index (χ3v) is 4.51. The van der Waals surface area contributed by atoms with Crippen LogP contribution in [0.15, 0.2) is 36.4 Å². The molecule has 0 spiro atoms. The highest BCUT2D eigenvalue weighted by atomic mass is 16.5. The SMILES string of the molecule is COc1cccc(C=Cc2c(C(=O)O)ccc(C)c2N2CCOCC2)c1. The third-order valence-electron chi connectivity index (χ3n) is 4.51. The molecule has 1 heterocycles. The van der Waals surface area contributed by atoms with Crippen LogP contribution in [0.1, 0.15) is 27.0 Å². The first-order valence-electron chi connectivity index (χ1n) is 8.62. The highest BCUT2D eigenvalue weighted by Crippen LogP contribution is 2.31.